The molecule has 0 aliphatic carbocycles. The minimum Gasteiger partial charge on any atom is -0.469 e. The van der Waals surface area contributed by atoms with Gasteiger partial charge in [0.05, 0.1) is 19.7 Å². The Morgan fingerprint density at radius 2 is 2.11 bits per heavy atom. The molecule has 0 saturated carbocycles. The largest absolute Gasteiger partial charge is 0.573 e. The second-order valence-corrected chi connectivity index (χ2v) is 4.34. The first kappa shape index (κ1) is 15.0. The smallest absolute Gasteiger partial charge is 0.469 e. The van der Waals surface area contributed by atoms with Gasteiger partial charge in [0.2, 0.25) is 0 Å². The first-order valence-electron chi connectivity index (χ1n) is 4.71. The summed E-state index contributed by atoms with van der Waals surface area (Å²) in [7, 11) is 1.16. The fraction of sp³-hybridized carbons (Fsp3) is 0.400. The minimum atomic E-state index is -4.83. The molecule has 4 nitrogen and oxygen atoms in total. The predicted molar refractivity (Wildman–Crippen MR) is 64.1 cm³/mol. The van der Waals surface area contributed by atoms with Gasteiger partial charge in [0.15, 0.2) is 5.75 Å². The zero-order valence-electron chi connectivity index (χ0n) is 9.47. The Labute approximate surface area is 115 Å². The van der Waals surface area contributed by atoms with E-state index in [9.17, 15) is 18.0 Å². The van der Waals surface area contributed by atoms with Crippen molar-refractivity contribution in [3.05, 3.63) is 21.0 Å². The average Bonchev–Trinajstić information content (AvgIpc) is 2.26. The second-order valence-electron chi connectivity index (χ2n) is 3.32. The average molecular weight is 375 g/mol. The molecule has 18 heavy (non-hydrogen) atoms. The van der Waals surface area contributed by atoms with E-state index in [2.05, 4.69) is 14.5 Å². The van der Waals surface area contributed by atoms with E-state index in [-0.39, 0.29) is 12.0 Å². The highest BCUT2D eigenvalue weighted by molar-refractivity contribution is 14.1. The maximum absolute atomic E-state index is 12.2. The number of halogens is 4. The van der Waals surface area contributed by atoms with Crippen molar-refractivity contribution in [3.8, 4) is 5.75 Å². The topological polar surface area (TPSA) is 48.4 Å². The quantitative estimate of drug-likeness (QED) is 0.463. The number of carbonyl (C=O) groups is 1. The molecule has 0 spiro atoms. The third-order valence-corrected chi connectivity index (χ3v) is 3.22. The summed E-state index contributed by atoms with van der Waals surface area (Å²) in [6.45, 7) is 1.57. The molecule has 0 unspecified atom stereocenters. The molecule has 1 heterocycles. The number of rotatable bonds is 3. The zero-order chi connectivity index (χ0) is 13.9. The van der Waals surface area contributed by atoms with Gasteiger partial charge >= 0.3 is 12.3 Å². The van der Waals surface area contributed by atoms with Crippen LogP contribution in [-0.4, -0.2) is 24.4 Å². The number of esters is 1. The van der Waals surface area contributed by atoms with Gasteiger partial charge in [-0.3, -0.25) is 4.79 Å². The molecule has 0 fully saturated rings. The van der Waals surface area contributed by atoms with Crippen molar-refractivity contribution in [1.82, 2.24) is 4.98 Å². The van der Waals surface area contributed by atoms with Gasteiger partial charge in [0.25, 0.3) is 0 Å². The third kappa shape index (κ3) is 4.00. The van der Waals surface area contributed by atoms with E-state index >= 15 is 0 Å². The first-order valence-corrected chi connectivity index (χ1v) is 5.79. The molecule has 0 amide bonds. The standard InChI is InChI=1S/C10H9F3INO3/c1-5-6(3-8(16)17-2)7(4-15-9(5)14)18-10(11,12)13/h4H,3H2,1-2H3. The van der Waals surface area contributed by atoms with Crippen molar-refractivity contribution >= 4 is 28.6 Å². The van der Waals surface area contributed by atoms with E-state index < -0.39 is 18.1 Å². The van der Waals surface area contributed by atoms with Crippen LogP contribution in [0.3, 0.4) is 0 Å². The van der Waals surface area contributed by atoms with Crippen molar-refractivity contribution < 1.29 is 27.4 Å². The minimum absolute atomic E-state index is 0.124. The van der Waals surface area contributed by atoms with Crippen LogP contribution in [-0.2, 0) is 16.0 Å². The number of hydrogen-bond acceptors (Lipinski definition) is 4. The summed E-state index contributed by atoms with van der Waals surface area (Å²) in [6.07, 6.45) is -4.18. The van der Waals surface area contributed by atoms with Crippen LogP contribution >= 0.6 is 22.6 Å². The Kier molecular flexibility index (Phi) is 4.77. The molecule has 0 radical (unpaired) electrons. The van der Waals surface area contributed by atoms with Crippen LogP contribution in [0.1, 0.15) is 11.1 Å². The zero-order valence-corrected chi connectivity index (χ0v) is 11.6. The van der Waals surface area contributed by atoms with Gasteiger partial charge in [-0.05, 0) is 35.1 Å². The number of alkyl halides is 3. The maximum Gasteiger partial charge on any atom is 0.573 e. The summed E-state index contributed by atoms with van der Waals surface area (Å²) in [4.78, 5) is 14.9. The van der Waals surface area contributed by atoms with E-state index in [1.54, 1.807) is 6.92 Å². The lowest BCUT2D eigenvalue weighted by Crippen LogP contribution is -2.20. The fourth-order valence-corrected chi connectivity index (χ4v) is 1.71. The van der Waals surface area contributed by atoms with E-state index in [4.69, 9.17) is 0 Å². The van der Waals surface area contributed by atoms with E-state index in [1.807, 2.05) is 22.6 Å². The molecule has 0 aliphatic heterocycles. The Morgan fingerprint density at radius 3 is 2.61 bits per heavy atom. The van der Waals surface area contributed by atoms with Crippen LogP contribution < -0.4 is 4.74 Å². The summed E-state index contributed by atoms with van der Waals surface area (Å²) in [5, 5.41) is 0. The lowest BCUT2D eigenvalue weighted by atomic mass is 10.1. The van der Waals surface area contributed by atoms with Gasteiger partial charge in [-0.15, -0.1) is 13.2 Å². The molecule has 0 aliphatic rings. The first-order chi connectivity index (χ1) is 8.24. The van der Waals surface area contributed by atoms with Crippen molar-refractivity contribution in [3.63, 3.8) is 0 Å². The summed E-state index contributed by atoms with van der Waals surface area (Å²) in [6, 6.07) is 0. The number of nitrogens with zero attached hydrogens (tertiary/aromatic N) is 1. The van der Waals surface area contributed by atoms with Crippen molar-refractivity contribution in [1.29, 1.82) is 0 Å². The molecule has 0 saturated heterocycles. The predicted octanol–water partition coefficient (Wildman–Crippen LogP) is 2.61. The fourth-order valence-electron chi connectivity index (χ4n) is 1.25. The summed E-state index contributed by atoms with van der Waals surface area (Å²) in [5.74, 6) is -1.13. The van der Waals surface area contributed by atoms with Gasteiger partial charge in [0.1, 0.15) is 3.70 Å². The van der Waals surface area contributed by atoms with E-state index in [0.29, 0.717) is 9.26 Å². The van der Waals surface area contributed by atoms with Crippen LogP contribution in [0, 0.1) is 10.6 Å². The molecule has 1 aromatic rings. The number of hydrogen-bond donors (Lipinski definition) is 0. The molecule has 0 atom stereocenters. The maximum atomic E-state index is 12.2. The molecule has 1 aromatic heterocycles. The molecule has 0 bridgehead atoms. The number of carbonyl (C=O) groups excluding carboxylic acids is 1. The third-order valence-electron chi connectivity index (χ3n) is 2.13. The van der Waals surface area contributed by atoms with E-state index in [0.717, 1.165) is 13.3 Å². The second kappa shape index (κ2) is 5.72. The van der Waals surface area contributed by atoms with Gasteiger partial charge in [-0.1, -0.05) is 0 Å². The molecule has 1 rings (SSSR count). The molecular formula is C10H9F3INO3. The van der Waals surface area contributed by atoms with Crippen LogP contribution in [0.15, 0.2) is 6.20 Å². The van der Waals surface area contributed by atoms with Crippen LogP contribution in [0.25, 0.3) is 0 Å². The highest BCUT2D eigenvalue weighted by Gasteiger charge is 2.33. The number of aromatic nitrogens is 1. The van der Waals surface area contributed by atoms with Gasteiger partial charge in [0, 0.05) is 5.56 Å². The SMILES string of the molecule is COC(=O)Cc1c(OC(F)(F)F)cnc(I)c1C. The van der Waals surface area contributed by atoms with Gasteiger partial charge < -0.3 is 9.47 Å². The summed E-state index contributed by atoms with van der Waals surface area (Å²) >= 11 is 1.86. The number of methoxy groups -OCH3 is 1. The molecule has 8 heteroatoms. The highest BCUT2D eigenvalue weighted by atomic mass is 127. The Morgan fingerprint density at radius 1 is 1.50 bits per heavy atom. The van der Waals surface area contributed by atoms with Gasteiger partial charge in [-0.2, -0.15) is 0 Å². The van der Waals surface area contributed by atoms with Crippen LogP contribution in [0.2, 0.25) is 0 Å². The monoisotopic (exact) mass is 375 g/mol. The molecular weight excluding hydrogens is 366 g/mol. The Hall–Kier alpha value is -1.06. The highest BCUT2D eigenvalue weighted by Crippen LogP contribution is 2.30. The number of pyridine rings is 1. The Bertz CT molecular complexity index is 462. The summed E-state index contributed by atoms with van der Waals surface area (Å²) in [5.41, 5.74) is 0.585. The van der Waals surface area contributed by atoms with Crippen molar-refractivity contribution in [2.24, 2.45) is 0 Å². The molecule has 0 aromatic carbocycles. The normalized spacial score (nSPS) is 11.2. The lowest BCUT2D eigenvalue weighted by molar-refractivity contribution is -0.275. The Balaban J connectivity index is 3.17. The van der Waals surface area contributed by atoms with Crippen molar-refractivity contribution in [2.75, 3.05) is 7.11 Å². The van der Waals surface area contributed by atoms with Crippen LogP contribution in [0.4, 0.5) is 13.2 Å². The van der Waals surface area contributed by atoms with Crippen LogP contribution in [0.5, 0.6) is 5.75 Å². The van der Waals surface area contributed by atoms with Gasteiger partial charge in [-0.25, -0.2) is 4.98 Å². The summed E-state index contributed by atoms with van der Waals surface area (Å²) < 4.78 is 45.4. The molecule has 100 valence electrons. The number of ether oxygens (including phenoxy) is 2. The van der Waals surface area contributed by atoms with E-state index in [1.165, 1.54) is 0 Å². The molecule has 0 N–H and O–H groups in total. The van der Waals surface area contributed by atoms with Crippen molar-refractivity contribution in [2.45, 2.75) is 19.7 Å². The lowest BCUT2D eigenvalue weighted by Gasteiger charge is -2.15.